The first-order chi connectivity index (χ1) is 33.8. The lowest BCUT2D eigenvalue weighted by Crippen LogP contribution is -2.30. The van der Waals surface area contributed by atoms with Crippen molar-refractivity contribution in [1.29, 1.82) is 0 Å². The minimum absolute atomic E-state index is 0.0620. The number of hydrogen-bond donors (Lipinski definition) is 0. The predicted octanol–water partition coefficient (Wildman–Crippen LogP) is 20.8. The zero-order chi connectivity index (χ0) is 50.4. The Morgan fingerprint density at radius 3 is 0.754 bits per heavy atom. The lowest BCUT2D eigenvalue weighted by molar-refractivity contribution is -0.167. The van der Waals surface area contributed by atoms with Crippen molar-refractivity contribution < 1.29 is 28.6 Å². The Morgan fingerprint density at radius 1 is 0.290 bits per heavy atom. The van der Waals surface area contributed by atoms with Gasteiger partial charge in [0.1, 0.15) is 13.2 Å². The molecule has 0 aromatic rings. The van der Waals surface area contributed by atoms with Crippen LogP contribution in [0.15, 0.2) is 0 Å². The van der Waals surface area contributed by atoms with Crippen LogP contribution in [0.5, 0.6) is 0 Å². The molecule has 3 atom stereocenters. The van der Waals surface area contributed by atoms with Crippen molar-refractivity contribution in [2.45, 2.75) is 362 Å². The van der Waals surface area contributed by atoms with Crippen LogP contribution in [-0.2, 0) is 28.6 Å². The zero-order valence-electron chi connectivity index (χ0n) is 47.5. The van der Waals surface area contributed by atoms with Gasteiger partial charge < -0.3 is 14.2 Å². The molecule has 0 fully saturated rings. The Hall–Kier alpha value is -1.59. The van der Waals surface area contributed by atoms with Gasteiger partial charge in [0, 0.05) is 19.3 Å². The molecule has 0 N–H and O–H groups in total. The number of rotatable bonds is 57. The Labute approximate surface area is 431 Å². The van der Waals surface area contributed by atoms with Crippen LogP contribution in [-0.4, -0.2) is 37.2 Å². The lowest BCUT2D eigenvalue weighted by Gasteiger charge is -2.18. The van der Waals surface area contributed by atoms with E-state index in [0.29, 0.717) is 19.3 Å². The van der Waals surface area contributed by atoms with Crippen molar-refractivity contribution >= 4 is 17.9 Å². The summed E-state index contributed by atoms with van der Waals surface area (Å²) in [4.78, 5) is 38.3. The molecule has 0 rings (SSSR count). The van der Waals surface area contributed by atoms with Gasteiger partial charge in [-0.1, -0.05) is 317 Å². The Kier molecular flexibility index (Phi) is 54.4. The van der Waals surface area contributed by atoms with Crippen molar-refractivity contribution in [1.82, 2.24) is 0 Å². The van der Waals surface area contributed by atoms with E-state index in [1.54, 1.807) is 0 Å². The highest BCUT2D eigenvalue weighted by Gasteiger charge is 2.19. The van der Waals surface area contributed by atoms with Crippen LogP contribution in [0.25, 0.3) is 0 Å². The van der Waals surface area contributed by atoms with Crippen LogP contribution in [0.4, 0.5) is 0 Å². The summed E-state index contributed by atoms with van der Waals surface area (Å²) in [5.74, 6) is 0.957. The SMILES string of the molecule is CCCCCCCCCCCCCCCCCC(=O)OC[C@H](COC(=O)CCCCCCCCCCCCCCCCC(C)CC)OC(=O)CCCCCCCCCCCCCCCCC(C)CC. The van der Waals surface area contributed by atoms with Gasteiger partial charge >= 0.3 is 17.9 Å². The molecule has 0 heterocycles. The smallest absolute Gasteiger partial charge is 0.306 e. The van der Waals surface area contributed by atoms with E-state index in [4.69, 9.17) is 14.2 Å². The number of carbonyl (C=O) groups excluding carboxylic acids is 3. The van der Waals surface area contributed by atoms with Gasteiger partial charge in [-0.25, -0.2) is 0 Å². The summed E-state index contributed by atoms with van der Waals surface area (Å²) in [5, 5.41) is 0. The molecule has 0 aliphatic rings. The fraction of sp³-hybridized carbons (Fsp3) is 0.952. The van der Waals surface area contributed by atoms with E-state index in [9.17, 15) is 14.4 Å². The second kappa shape index (κ2) is 55.7. The highest BCUT2D eigenvalue weighted by Crippen LogP contribution is 2.19. The van der Waals surface area contributed by atoms with E-state index >= 15 is 0 Å². The van der Waals surface area contributed by atoms with E-state index in [2.05, 4.69) is 34.6 Å². The minimum atomic E-state index is -0.763. The maximum Gasteiger partial charge on any atom is 0.306 e. The first-order valence-electron chi connectivity index (χ1n) is 31.3. The van der Waals surface area contributed by atoms with E-state index in [1.165, 1.54) is 244 Å². The monoisotopic (exact) mass is 975 g/mol. The van der Waals surface area contributed by atoms with Crippen molar-refractivity contribution in [3.63, 3.8) is 0 Å². The fourth-order valence-corrected chi connectivity index (χ4v) is 9.69. The van der Waals surface area contributed by atoms with E-state index < -0.39 is 6.10 Å². The summed E-state index contributed by atoms with van der Waals surface area (Å²) in [5.41, 5.74) is 0. The largest absolute Gasteiger partial charge is 0.462 e. The molecule has 0 aliphatic carbocycles. The van der Waals surface area contributed by atoms with Crippen LogP contribution in [0, 0.1) is 11.8 Å². The molecule has 69 heavy (non-hydrogen) atoms. The molecule has 410 valence electrons. The molecule has 0 saturated carbocycles. The molecule has 0 spiro atoms. The Balaban J connectivity index is 4.30. The number of ether oxygens (including phenoxy) is 3. The van der Waals surface area contributed by atoms with Crippen LogP contribution in [0.2, 0.25) is 0 Å². The molecule has 0 amide bonds. The van der Waals surface area contributed by atoms with E-state index in [1.807, 2.05) is 0 Å². The van der Waals surface area contributed by atoms with Crippen molar-refractivity contribution in [2.24, 2.45) is 11.8 Å². The molecule has 6 nitrogen and oxygen atoms in total. The normalized spacial score (nSPS) is 12.8. The number of unbranched alkanes of at least 4 members (excludes halogenated alkanes) is 40. The van der Waals surface area contributed by atoms with Crippen LogP contribution in [0.3, 0.4) is 0 Å². The first kappa shape index (κ1) is 67.4. The summed E-state index contributed by atoms with van der Waals surface area (Å²) < 4.78 is 16.9. The maximum atomic E-state index is 12.9. The van der Waals surface area contributed by atoms with Crippen molar-refractivity contribution in [2.75, 3.05) is 13.2 Å². The quantitative estimate of drug-likeness (QED) is 0.0343. The fourth-order valence-electron chi connectivity index (χ4n) is 9.69. The predicted molar refractivity (Wildman–Crippen MR) is 298 cm³/mol. The lowest BCUT2D eigenvalue weighted by atomic mass is 9.99. The van der Waals surface area contributed by atoms with Gasteiger partial charge in [0.05, 0.1) is 0 Å². The third-order valence-electron chi connectivity index (χ3n) is 15.2. The number of hydrogen-bond acceptors (Lipinski definition) is 6. The maximum absolute atomic E-state index is 12.9. The third kappa shape index (κ3) is 54.0. The highest BCUT2D eigenvalue weighted by molar-refractivity contribution is 5.71. The van der Waals surface area contributed by atoms with Gasteiger partial charge in [0.2, 0.25) is 0 Å². The Bertz CT molecular complexity index is 1060. The molecule has 0 bridgehead atoms. The van der Waals surface area contributed by atoms with Crippen LogP contribution in [0.1, 0.15) is 356 Å². The van der Waals surface area contributed by atoms with Gasteiger partial charge in [-0.3, -0.25) is 14.4 Å². The number of carbonyl (C=O) groups is 3. The van der Waals surface area contributed by atoms with Gasteiger partial charge in [-0.15, -0.1) is 0 Å². The molecule has 0 radical (unpaired) electrons. The molecule has 0 aliphatic heterocycles. The summed E-state index contributed by atoms with van der Waals surface area (Å²) in [6, 6.07) is 0. The van der Waals surface area contributed by atoms with Gasteiger partial charge in [-0.05, 0) is 31.1 Å². The van der Waals surface area contributed by atoms with E-state index in [-0.39, 0.29) is 31.1 Å². The molecule has 6 heteroatoms. The summed E-state index contributed by atoms with van der Waals surface area (Å²) in [6.07, 6.45) is 60.8. The standard InChI is InChI=1S/C63H122O6/c1-6-9-10-11-12-13-14-15-16-23-28-33-38-43-48-53-61(64)67-56-60(69-63(66)55-50-45-40-35-30-25-20-18-22-27-32-37-42-47-52-59(5)8-3)57-68-62(65)54-49-44-39-34-29-24-19-17-21-26-31-36-41-46-51-58(4)7-2/h58-60H,6-57H2,1-5H3/t58?,59?,60-/m1/s1. The molecular weight excluding hydrogens is 853 g/mol. The van der Waals surface area contributed by atoms with Crippen LogP contribution >= 0.6 is 0 Å². The van der Waals surface area contributed by atoms with Crippen molar-refractivity contribution in [3.05, 3.63) is 0 Å². The van der Waals surface area contributed by atoms with Gasteiger partial charge in [0.25, 0.3) is 0 Å². The Morgan fingerprint density at radius 2 is 0.507 bits per heavy atom. The molecule has 0 saturated heterocycles. The minimum Gasteiger partial charge on any atom is -0.462 e. The van der Waals surface area contributed by atoms with E-state index in [0.717, 1.165) is 69.6 Å². The van der Waals surface area contributed by atoms with Crippen LogP contribution < -0.4 is 0 Å². The average Bonchev–Trinajstić information content (AvgIpc) is 3.35. The first-order valence-corrected chi connectivity index (χ1v) is 31.3. The topological polar surface area (TPSA) is 78.9 Å². The second-order valence-electron chi connectivity index (χ2n) is 22.2. The van der Waals surface area contributed by atoms with Crippen molar-refractivity contribution in [3.8, 4) is 0 Å². The molecule has 0 aromatic carbocycles. The summed E-state index contributed by atoms with van der Waals surface area (Å²) in [6.45, 7) is 11.5. The second-order valence-corrected chi connectivity index (χ2v) is 22.2. The molecule has 0 aromatic heterocycles. The average molecular weight is 976 g/mol. The number of esters is 3. The highest BCUT2D eigenvalue weighted by atomic mass is 16.6. The van der Waals surface area contributed by atoms with Gasteiger partial charge in [-0.2, -0.15) is 0 Å². The summed E-state index contributed by atoms with van der Waals surface area (Å²) in [7, 11) is 0. The summed E-state index contributed by atoms with van der Waals surface area (Å²) >= 11 is 0. The molecular formula is C63H122O6. The molecule has 2 unspecified atom stereocenters. The van der Waals surface area contributed by atoms with Gasteiger partial charge in [0.15, 0.2) is 6.10 Å². The third-order valence-corrected chi connectivity index (χ3v) is 15.2. The zero-order valence-corrected chi connectivity index (χ0v) is 47.5.